The normalized spacial score (nSPS) is 22.5. The molecule has 0 spiro atoms. The minimum absolute atomic E-state index is 0.00421. The number of fused-ring (bicyclic) bond motifs is 2. The number of likely N-dealkylation sites (tertiary alicyclic amines) is 1. The van der Waals surface area contributed by atoms with Crippen LogP contribution in [0.3, 0.4) is 0 Å². The molecule has 1 aliphatic carbocycles. The van der Waals surface area contributed by atoms with Crippen molar-refractivity contribution >= 4 is 27.8 Å². The number of amides is 1. The number of aliphatic hydroxyl groups is 1. The summed E-state index contributed by atoms with van der Waals surface area (Å²) < 4.78 is 8.87. The number of carbonyl (C=O) groups is 1. The van der Waals surface area contributed by atoms with E-state index in [2.05, 4.69) is 36.6 Å². The maximum absolute atomic E-state index is 13.4. The molecule has 1 amide bonds. The van der Waals surface area contributed by atoms with Crippen molar-refractivity contribution in [2.24, 2.45) is 17.6 Å². The molecule has 1 saturated carbocycles. The van der Waals surface area contributed by atoms with Gasteiger partial charge in [0.2, 0.25) is 0 Å². The Morgan fingerprint density at radius 3 is 2.54 bits per heavy atom. The summed E-state index contributed by atoms with van der Waals surface area (Å²) in [5.41, 5.74) is 10.9. The SMILES string of the molecule is Cc1c(-c2cc3ccc(C(C)(C)O)cc3n2CC2CC2)oc2cc(C(=O)N3CC(C)C(N)C3C)ccc12. The van der Waals surface area contributed by atoms with Crippen molar-refractivity contribution in [3.63, 3.8) is 0 Å². The summed E-state index contributed by atoms with van der Waals surface area (Å²) in [6.07, 6.45) is 2.48. The van der Waals surface area contributed by atoms with Crippen LogP contribution in [-0.2, 0) is 12.1 Å². The van der Waals surface area contributed by atoms with Crippen molar-refractivity contribution in [3.05, 3.63) is 59.2 Å². The largest absolute Gasteiger partial charge is 0.454 e. The van der Waals surface area contributed by atoms with Gasteiger partial charge in [0.15, 0.2) is 5.76 Å². The first-order valence-corrected chi connectivity index (χ1v) is 13.5. The average Bonchev–Trinajstić information content (AvgIpc) is 3.46. The predicted octanol–water partition coefficient (Wildman–Crippen LogP) is 5.81. The molecule has 3 unspecified atom stereocenters. The topological polar surface area (TPSA) is 84.6 Å². The van der Waals surface area contributed by atoms with Gasteiger partial charge in [-0.25, -0.2) is 0 Å². The third kappa shape index (κ3) is 4.07. The van der Waals surface area contributed by atoms with E-state index in [0.29, 0.717) is 18.0 Å². The maximum Gasteiger partial charge on any atom is 0.254 e. The number of aromatic nitrogens is 1. The summed E-state index contributed by atoms with van der Waals surface area (Å²) in [5.74, 6) is 1.80. The highest BCUT2D eigenvalue weighted by Crippen LogP contribution is 2.40. The lowest BCUT2D eigenvalue weighted by Gasteiger charge is -2.23. The van der Waals surface area contributed by atoms with E-state index in [1.165, 1.54) is 12.8 Å². The predicted molar refractivity (Wildman–Crippen MR) is 147 cm³/mol. The Bertz CT molecular complexity index is 1520. The van der Waals surface area contributed by atoms with E-state index in [1.807, 2.05) is 49.9 Å². The van der Waals surface area contributed by atoms with Crippen LogP contribution in [0.2, 0.25) is 0 Å². The summed E-state index contributed by atoms with van der Waals surface area (Å²) >= 11 is 0. The second-order valence-electron chi connectivity index (χ2n) is 11.9. The van der Waals surface area contributed by atoms with Crippen molar-refractivity contribution in [1.82, 2.24) is 9.47 Å². The molecule has 3 atom stereocenters. The second kappa shape index (κ2) is 8.47. The van der Waals surface area contributed by atoms with E-state index in [-0.39, 0.29) is 23.9 Å². The number of furan rings is 1. The standard InChI is InChI=1S/C31H37N3O3/c1-17-15-33(19(3)28(17)32)30(35)22-9-11-24-18(2)29(37-27(24)13-22)26-12-21-8-10-23(31(4,5)36)14-25(21)34(26)16-20-6-7-20/h8-14,17,19-20,28,36H,6-7,15-16,32H2,1-5H3. The fourth-order valence-corrected chi connectivity index (χ4v) is 5.90. The number of aryl methyl sites for hydroxylation is 1. The van der Waals surface area contributed by atoms with Gasteiger partial charge in [-0.2, -0.15) is 0 Å². The second-order valence-corrected chi connectivity index (χ2v) is 11.9. The van der Waals surface area contributed by atoms with Crippen molar-refractivity contribution < 1.29 is 14.3 Å². The third-order valence-electron chi connectivity index (χ3n) is 8.62. The number of hydrogen-bond donors (Lipinski definition) is 2. The quantitative estimate of drug-likeness (QED) is 0.363. The molecule has 37 heavy (non-hydrogen) atoms. The van der Waals surface area contributed by atoms with Gasteiger partial charge in [0.1, 0.15) is 5.58 Å². The van der Waals surface area contributed by atoms with Gasteiger partial charge in [0, 0.05) is 52.6 Å². The van der Waals surface area contributed by atoms with Gasteiger partial charge in [-0.05, 0) is 82.2 Å². The van der Waals surface area contributed by atoms with Crippen molar-refractivity contribution in [1.29, 1.82) is 0 Å². The first kappa shape index (κ1) is 24.3. The van der Waals surface area contributed by atoms with Crippen LogP contribution in [0.1, 0.15) is 62.0 Å². The van der Waals surface area contributed by atoms with Gasteiger partial charge in [-0.1, -0.05) is 25.1 Å². The molecule has 0 bridgehead atoms. The van der Waals surface area contributed by atoms with Gasteiger partial charge in [-0.15, -0.1) is 0 Å². The lowest BCUT2D eigenvalue weighted by Crippen LogP contribution is -2.40. The molecule has 6 heteroatoms. The summed E-state index contributed by atoms with van der Waals surface area (Å²) in [7, 11) is 0. The van der Waals surface area contributed by atoms with Gasteiger partial charge >= 0.3 is 0 Å². The Balaban J connectivity index is 1.43. The number of benzene rings is 2. The van der Waals surface area contributed by atoms with Crippen LogP contribution in [0, 0.1) is 18.8 Å². The zero-order valence-corrected chi connectivity index (χ0v) is 22.4. The highest BCUT2D eigenvalue weighted by Gasteiger charge is 2.37. The van der Waals surface area contributed by atoms with Gasteiger partial charge < -0.3 is 24.7 Å². The molecular weight excluding hydrogens is 462 g/mol. The number of rotatable bonds is 5. The molecule has 0 radical (unpaired) electrons. The third-order valence-corrected chi connectivity index (χ3v) is 8.62. The summed E-state index contributed by atoms with van der Waals surface area (Å²) in [5, 5.41) is 12.8. The first-order chi connectivity index (χ1) is 17.5. The number of carbonyl (C=O) groups excluding carboxylic acids is 1. The highest BCUT2D eigenvalue weighted by atomic mass is 16.3. The Hall–Kier alpha value is -3.09. The van der Waals surface area contributed by atoms with Gasteiger partial charge in [0.25, 0.3) is 5.91 Å². The van der Waals surface area contributed by atoms with Crippen LogP contribution in [0.25, 0.3) is 33.3 Å². The first-order valence-electron chi connectivity index (χ1n) is 13.5. The molecule has 6 nitrogen and oxygen atoms in total. The summed E-state index contributed by atoms with van der Waals surface area (Å²) in [6.45, 7) is 11.5. The summed E-state index contributed by atoms with van der Waals surface area (Å²) in [4.78, 5) is 15.3. The molecule has 2 aliphatic rings. The van der Waals surface area contributed by atoms with E-state index in [4.69, 9.17) is 10.2 Å². The molecule has 1 aliphatic heterocycles. The molecule has 2 aromatic heterocycles. The van der Waals surface area contributed by atoms with E-state index >= 15 is 0 Å². The Kier molecular flexibility index (Phi) is 5.55. The van der Waals surface area contributed by atoms with Crippen LogP contribution in [0.4, 0.5) is 0 Å². The monoisotopic (exact) mass is 499 g/mol. The van der Waals surface area contributed by atoms with Crippen LogP contribution in [-0.4, -0.2) is 39.1 Å². The van der Waals surface area contributed by atoms with E-state index in [1.54, 1.807) is 0 Å². The number of nitrogens with two attached hydrogens (primary N) is 1. The summed E-state index contributed by atoms with van der Waals surface area (Å²) in [6, 6.07) is 14.2. The fourth-order valence-electron chi connectivity index (χ4n) is 5.90. The zero-order valence-electron chi connectivity index (χ0n) is 22.4. The maximum atomic E-state index is 13.4. The Labute approximate surface area is 218 Å². The fraction of sp³-hybridized carbons (Fsp3) is 0.452. The molecule has 3 N–H and O–H groups in total. The van der Waals surface area contributed by atoms with Crippen LogP contribution in [0.5, 0.6) is 0 Å². The molecule has 3 heterocycles. The molecule has 194 valence electrons. The molecule has 4 aromatic rings. The van der Waals surface area contributed by atoms with Crippen molar-refractivity contribution in [3.8, 4) is 11.5 Å². The molecule has 2 aromatic carbocycles. The number of hydrogen-bond acceptors (Lipinski definition) is 4. The van der Waals surface area contributed by atoms with E-state index in [9.17, 15) is 9.90 Å². The number of nitrogens with zero attached hydrogens (tertiary/aromatic N) is 2. The Morgan fingerprint density at radius 1 is 1.14 bits per heavy atom. The minimum Gasteiger partial charge on any atom is -0.454 e. The van der Waals surface area contributed by atoms with Gasteiger partial charge in [-0.3, -0.25) is 4.79 Å². The van der Waals surface area contributed by atoms with Crippen molar-refractivity contribution in [2.75, 3.05) is 6.54 Å². The highest BCUT2D eigenvalue weighted by molar-refractivity contribution is 6.00. The zero-order chi connectivity index (χ0) is 26.2. The van der Waals surface area contributed by atoms with Gasteiger partial charge in [0.05, 0.1) is 11.3 Å². The van der Waals surface area contributed by atoms with Crippen LogP contribution < -0.4 is 5.73 Å². The molecule has 1 saturated heterocycles. The lowest BCUT2D eigenvalue weighted by molar-refractivity contribution is 0.0739. The van der Waals surface area contributed by atoms with E-state index in [0.717, 1.165) is 51.0 Å². The molecule has 2 fully saturated rings. The Morgan fingerprint density at radius 2 is 1.89 bits per heavy atom. The van der Waals surface area contributed by atoms with Crippen LogP contribution in [0.15, 0.2) is 46.9 Å². The minimum atomic E-state index is -0.907. The van der Waals surface area contributed by atoms with E-state index < -0.39 is 5.60 Å². The van der Waals surface area contributed by atoms with Crippen molar-refractivity contribution in [2.45, 2.75) is 71.7 Å². The average molecular weight is 500 g/mol. The smallest absolute Gasteiger partial charge is 0.254 e. The van der Waals surface area contributed by atoms with Crippen LogP contribution >= 0.6 is 0 Å². The lowest BCUT2D eigenvalue weighted by atomic mass is 9.97. The molecular formula is C31H37N3O3. The molecule has 6 rings (SSSR count).